The SMILES string of the molecule is [CH2-]C.[CH2-]N1CC[C@]2(C[C@H]2C)C1.[W+2]. The van der Waals surface area contributed by atoms with Crippen molar-refractivity contribution in [2.24, 2.45) is 11.3 Å². The summed E-state index contributed by atoms with van der Waals surface area (Å²) in [7, 11) is 3.94. The normalized spacial score (nSPS) is 38.5. The number of rotatable bonds is 0. The van der Waals surface area contributed by atoms with E-state index in [0.29, 0.717) is 0 Å². The Morgan fingerprint density at radius 3 is 2.08 bits per heavy atom. The summed E-state index contributed by atoms with van der Waals surface area (Å²) >= 11 is 0. The molecule has 2 heteroatoms. The quantitative estimate of drug-likeness (QED) is 0.614. The Hall–Kier alpha value is 0.648. The fourth-order valence-corrected chi connectivity index (χ4v) is 2.10. The van der Waals surface area contributed by atoms with E-state index >= 15 is 0 Å². The van der Waals surface area contributed by atoms with E-state index in [1.807, 2.05) is 0 Å². The topological polar surface area (TPSA) is 3.24 Å². The summed E-state index contributed by atoms with van der Waals surface area (Å²) in [6.07, 6.45) is 2.86. The Labute approximate surface area is 91.2 Å². The van der Waals surface area contributed by atoms with E-state index in [1.54, 1.807) is 6.92 Å². The van der Waals surface area contributed by atoms with Gasteiger partial charge in [0, 0.05) is 0 Å². The summed E-state index contributed by atoms with van der Waals surface area (Å²) < 4.78 is 0. The van der Waals surface area contributed by atoms with Crippen molar-refractivity contribution >= 4 is 0 Å². The zero-order valence-electron chi connectivity index (χ0n) is 8.18. The van der Waals surface area contributed by atoms with Gasteiger partial charge in [0.05, 0.1) is 0 Å². The van der Waals surface area contributed by atoms with E-state index in [9.17, 15) is 0 Å². The summed E-state index contributed by atoms with van der Waals surface area (Å²) in [6.45, 7) is 9.84. The third-order valence-corrected chi connectivity index (χ3v) is 3.06. The first-order valence-corrected chi connectivity index (χ1v) is 4.49. The van der Waals surface area contributed by atoms with Crippen molar-refractivity contribution in [2.45, 2.75) is 26.7 Å². The Morgan fingerprint density at radius 2 is 1.92 bits per heavy atom. The molecule has 1 aliphatic carbocycles. The van der Waals surface area contributed by atoms with E-state index in [2.05, 4.69) is 25.8 Å². The second-order valence-electron chi connectivity index (χ2n) is 3.77. The summed E-state index contributed by atoms with van der Waals surface area (Å²) in [5.41, 5.74) is 0.738. The van der Waals surface area contributed by atoms with Gasteiger partial charge in [0.1, 0.15) is 0 Å². The van der Waals surface area contributed by atoms with Crippen LogP contribution < -0.4 is 0 Å². The minimum absolute atomic E-state index is 0. The minimum atomic E-state index is 0. The fourth-order valence-electron chi connectivity index (χ4n) is 2.10. The van der Waals surface area contributed by atoms with Crippen LogP contribution in [0.4, 0.5) is 0 Å². The van der Waals surface area contributed by atoms with Gasteiger partial charge in [-0.05, 0) is 37.3 Å². The van der Waals surface area contributed by atoms with E-state index in [1.165, 1.54) is 25.9 Å². The zero-order valence-corrected chi connectivity index (χ0v) is 11.1. The van der Waals surface area contributed by atoms with Gasteiger partial charge in [0.15, 0.2) is 0 Å². The molecule has 1 spiro atoms. The summed E-state index contributed by atoms with van der Waals surface area (Å²) in [6, 6.07) is 0. The Balaban J connectivity index is 0.000000378. The standard InChI is InChI=1S/C8H14N.C2H5.W/c1-7-5-8(7)3-4-9(2)6-8;1-2;/h7H,2-6H2,1H3;1H2,2H3;/q2*-1;+2/t7-,8+;;/m1../s1. The second-order valence-corrected chi connectivity index (χ2v) is 3.77. The van der Waals surface area contributed by atoms with Gasteiger partial charge in [0.25, 0.3) is 0 Å². The van der Waals surface area contributed by atoms with E-state index in [0.717, 1.165) is 11.3 Å². The molecule has 70 valence electrons. The van der Waals surface area contributed by atoms with Crippen molar-refractivity contribution in [3.05, 3.63) is 14.0 Å². The van der Waals surface area contributed by atoms with Crippen molar-refractivity contribution in [2.75, 3.05) is 13.1 Å². The first-order chi connectivity index (χ1) is 5.23. The van der Waals surface area contributed by atoms with Crippen LogP contribution in [0.25, 0.3) is 0 Å². The van der Waals surface area contributed by atoms with E-state index in [4.69, 9.17) is 0 Å². The molecule has 2 atom stereocenters. The molecular weight excluding hydrogens is 318 g/mol. The molecule has 0 N–H and O–H groups in total. The molecule has 1 saturated carbocycles. The van der Waals surface area contributed by atoms with Gasteiger partial charge in [-0.2, -0.15) is 6.92 Å². The first-order valence-electron chi connectivity index (χ1n) is 4.49. The molecule has 1 nitrogen and oxygen atoms in total. The van der Waals surface area contributed by atoms with Crippen molar-refractivity contribution in [1.29, 1.82) is 0 Å². The molecule has 0 aromatic rings. The van der Waals surface area contributed by atoms with E-state index < -0.39 is 0 Å². The van der Waals surface area contributed by atoms with E-state index in [-0.39, 0.29) is 21.1 Å². The molecule has 0 aromatic heterocycles. The third kappa shape index (κ3) is 2.32. The monoisotopic (exact) mass is 337 g/mol. The molecule has 2 rings (SSSR count). The predicted octanol–water partition coefficient (Wildman–Crippen LogP) is 2.35. The average molecular weight is 337 g/mol. The van der Waals surface area contributed by atoms with Gasteiger partial charge in [0.2, 0.25) is 0 Å². The first kappa shape index (κ1) is 12.6. The predicted molar refractivity (Wildman–Crippen MR) is 48.8 cm³/mol. The number of likely N-dealkylation sites (tertiary alicyclic amines) is 1. The van der Waals surface area contributed by atoms with Gasteiger partial charge in [-0.3, -0.25) is 7.05 Å². The van der Waals surface area contributed by atoms with Crippen LogP contribution in [0.5, 0.6) is 0 Å². The van der Waals surface area contributed by atoms with Gasteiger partial charge in [-0.1, -0.05) is 6.92 Å². The third-order valence-electron chi connectivity index (χ3n) is 3.06. The molecule has 0 unspecified atom stereocenters. The fraction of sp³-hybridized carbons (Fsp3) is 0.800. The van der Waals surface area contributed by atoms with Crippen LogP contribution in [0, 0.1) is 25.3 Å². The number of hydrogen-bond acceptors (Lipinski definition) is 1. The average Bonchev–Trinajstić information content (AvgIpc) is 2.43. The zero-order chi connectivity index (χ0) is 8.48. The molecule has 0 bridgehead atoms. The molecule has 0 radical (unpaired) electrons. The van der Waals surface area contributed by atoms with Gasteiger partial charge in [-0.25, -0.2) is 0 Å². The molecule has 2 aliphatic rings. The number of hydrogen-bond donors (Lipinski definition) is 0. The van der Waals surface area contributed by atoms with Crippen LogP contribution in [-0.2, 0) is 21.1 Å². The largest absolute Gasteiger partial charge is 2.00 e. The maximum absolute atomic E-state index is 3.94. The maximum Gasteiger partial charge on any atom is 2.00 e. The molecule has 2 fully saturated rings. The molecular formula is C10H19NW. The molecule has 1 saturated heterocycles. The van der Waals surface area contributed by atoms with Gasteiger partial charge in [-0.15, -0.1) is 0 Å². The molecule has 1 heterocycles. The van der Waals surface area contributed by atoms with Crippen LogP contribution in [0.2, 0.25) is 0 Å². The van der Waals surface area contributed by atoms with Gasteiger partial charge < -0.3 is 11.8 Å². The minimum Gasteiger partial charge on any atom is -0.459 e. The van der Waals surface area contributed by atoms with Crippen molar-refractivity contribution < 1.29 is 21.1 Å². The maximum atomic E-state index is 3.94. The molecule has 0 aromatic carbocycles. The van der Waals surface area contributed by atoms with Crippen LogP contribution in [0.1, 0.15) is 26.7 Å². The smallest absolute Gasteiger partial charge is 0.459 e. The summed E-state index contributed by atoms with van der Waals surface area (Å²) in [5, 5.41) is 0. The molecule has 0 amide bonds. The van der Waals surface area contributed by atoms with Crippen LogP contribution >= 0.6 is 0 Å². The van der Waals surface area contributed by atoms with Crippen molar-refractivity contribution in [1.82, 2.24) is 4.90 Å². The molecule has 12 heavy (non-hydrogen) atoms. The molecule has 1 aliphatic heterocycles. The van der Waals surface area contributed by atoms with Crippen molar-refractivity contribution in [3.63, 3.8) is 0 Å². The van der Waals surface area contributed by atoms with Crippen LogP contribution in [-0.4, -0.2) is 18.0 Å². The number of nitrogens with zero attached hydrogens (tertiary/aromatic N) is 1. The van der Waals surface area contributed by atoms with Crippen LogP contribution in [0.15, 0.2) is 0 Å². The van der Waals surface area contributed by atoms with Crippen molar-refractivity contribution in [3.8, 4) is 0 Å². The second kappa shape index (κ2) is 4.77. The summed E-state index contributed by atoms with van der Waals surface area (Å²) in [5.74, 6) is 0.990. The van der Waals surface area contributed by atoms with Gasteiger partial charge >= 0.3 is 21.1 Å². The summed E-state index contributed by atoms with van der Waals surface area (Å²) in [4.78, 5) is 2.21. The Bertz CT molecular complexity index is 136. The van der Waals surface area contributed by atoms with Crippen LogP contribution in [0.3, 0.4) is 0 Å². The Kier molecular flexibility index (Phi) is 5.02. The Morgan fingerprint density at radius 1 is 1.42 bits per heavy atom.